The second-order valence-electron chi connectivity index (χ2n) is 17.3. The van der Waals surface area contributed by atoms with E-state index in [2.05, 4.69) is 38.0 Å². The fourth-order valence-electron chi connectivity index (χ4n) is 8.58. The average Bonchev–Trinajstić information content (AvgIpc) is 4.05. The molecule has 8 rings (SSSR count). The van der Waals surface area contributed by atoms with Crippen LogP contribution in [0.5, 0.6) is 11.5 Å². The minimum absolute atomic E-state index is 0. The number of amides is 3. The van der Waals surface area contributed by atoms with Crippen LogP contribution in [-0.2, 0) is 69.8 Å². The fraction of sp³-hybridized carbons (Fsp3) is 0.353. The fourth-order valence-corrected chi connectivity index (χ4v) is 8.58. The van der Waals surface area contributed by atoms with E-state index in [0.717, 1.165) is 24.8 Å². The van der Waals surface area contributed by atoms with E-state index in [0.29, 0.717) is 73.5 Å². The Hall–Kier alpha value is -6.68. The summed E-state index contributed by atoms with van der Waals surface area (Å²) in [5.74, 6) is -0.394. The number of ketones is 2. The van der Waals surface area contributed by atoms with Gasteiger partial charge in [-0.25, -0.2) is 23.9 Å². The number of fused-ring (bicyclic) bond motifs is 2. The molecule has 1 saturated carbocycles. The molecule has 0 spiro atoms. The second-order valence-corrected chi connectivity index (χ2v) is 17.3. The van der Waals surface area contributed by atoms with E-state index in [9.17, 15) is 24.0 Å². The van der Waals surface area contributed by atoms with E-state index in [1.54, 1.807) is 63.0 Å². The number of Topliss-reactive ketones (excluding diaryl/α,β-unsaturated/α-hetero) is 2. The normalized spacial score (nSPS) is 16.6. The van der Waals surface area contributed by atoms with Crippen LogP contribution in [0.3, 0.4) is 0 Å². The summed E-state index contributed by atoms with van der Waals surface area (Å²) in [7, 11) is 1.95. The van der Waals surface area contributed by atoms with Crippen LogP contribution < -0.4 is 15.8 Å². The van der Waals surface area contributed by atoms with Crippen molar-refractivity contribution in [1.82, 2.24) is 39.8 Å². The Bertz CT molecular complexity index is 2780. The Morgan fingerprint density at radius 3 is 2.51 bits per heavy atom. The number of aromatic nitrogens is 4. The Balaban J connectivity index is 0.000000361. The van der Waals surface area contributed by atoms with Crippen LogP contribution in [0.4, 0.5) is 10.2 Å². The molecule has 17 nitrogen and oxygen atoms in total. The minimum atomic E-state index is -0.576. The number of benzene rings is 3. The molecule has 70 heavy (non-hydrogen) atoms. The van der Waals surface area contributed by atoms with E-state index < -0.39 is 17.4 Å². The molecule has 363 valence electrons. The van der Waals surface area contributed by atoms with Crippen molar-refractivity contribution in [3.63, 3.8) is 0 Å². The molecular formula is C51H55FN10O7Y-2. The van der Waals surface area contributed by atoms with Crippen molar-refractivity contribution in [2.24, 2.45) is 0 Å². The van der Waals surface area contributed by atoms with Gasteiger partial charge in [-0.2, -0.15) is 29.4 Å². The van der Waals surface area contributed by atoms with Gasteiger partial charge in [0.25, 0.3) is 5.91 Å². The number of carbonyl (C=O) groups excluding carboxylic acids is 6. The third-order valence-corrected chi connectivity index (χ3v) is 12.4. The molecular weight excluding hydrogens is 973 g/mol. The average molecular weight is 1030 g/mol. The van der Waals surface area contributed by atoms with Gasteiger partial charge in [0.15, 0.2) is 17.3 Å². The number of ether oxygens (including phenoxy) is 1. The number of nitrogens with zero attached hydrogens (tertiary/aromatic N) is 8. The van der Waals surface area contributed by atoms with Gasteiger partial charge in [0.1, 0.15) is 47.7 Å². The van der Waals surface area contributed by atoms with E-state index in [1.807, 2.05) is 45.9 Å². The maximum absolute atomic E-state index is 15.6. The molecule has 3 aliphatic rings. The van der Waals surface area contributed by atoms with Crippen molar-refractivity contribution < 1.29 is 70.6 Å². The summed E-state index contributed by atoms with van der Waals surface area (Å²) in [6.07, 6.45) is 6.94. The number of nitrogens with two attached hydrogens (primary N) is 1. The molecule has 1 aliphatic carbocycles. The summed E-state index contributed by atoms with van der Waals surface area (Å²) in [6, 6.07) is 21.3. The van der Waals surface area contributed by atoms with Crippen LogP contribution >= 0.6 is 0 Å². The van der Waals surface area contributed by atoms with Crippen LogP contribution in [0.15, 0.2) is 84.8 Å². The first-order chi connectivity index (χ1) is 33.1. The molecule has 2 aromatic heterocycles. The van der Waals surface area contributed by atoms with Gasteiger partial charge in [-0.15, -0.1) is 5.56 Å². The SMILES string of the molecule is C=O.O=C1CCC(N2Cc3[c-]cccc3C2=O)C(=O)C1.[C-]#[N+]/C(=C\C(C)(C)N(C)CCCCNC([CH2-])=O)C(=O)N1CCC[C@H]1Cn1nc(-c2ccc(Oc3ccccc3)cc2F)c2c(N)ncnc21.[Y]. The molecule has 4 heterocycles. The van der Waals surface area contributed by atoms with Crippen molar-refractivity contribution in [3.8, 4) is 22.8 Å². The predicted molar refractivity (Wildman–Crippen MR) is 255 cm³/mol. The molecule has 3 amide bonds. The maximum atomic E-state index is 15.6. The Labute approximate surface area is 431 Å². The van der Waals surface area contributed by atoms with Crippen molar-refractivity contribution in [3.05, 3.63) is 126 Å². The van der Waals surface area contributed by atoms with Crippen LogP contribution in [0.25, 0.3) is 27.1 Å². The third kappa shape index (κ3) is 12.9. The van der Waals surface area contributed by atoms with Crippen molar-refractivity contribution in [1.29, 1.82) is 0 Å². The number of nitrogen functional groups attached to an aromatic ring is 1. The first-order valence-electron chi connectivity index (χ1n) is 22.5. The van der Waals surface area contributed by atoms with Gasteiger partial charge < -0.3 is 42.1 Å². The molecule has 1 saturated heterocycles. The first kappa shape index (κ1) is 54.3. The smallest absolute Gasteiger partial charge is 0.252 e. The summed E-state index contributed by atoms with van der Waals surface area (Å²) in [5, 5.41) is 7.86. The summed E-state index contributed by atoms with van der Waals surface area (Å²) in [6.45, 7) is 19.6. The second kappa shape index (κ2) is 24.7. The number of likely N-dealkylation sites (tertiary alicyclic amines) is 1. The van der Waals surface area contributed by atoms with Gasteiger partial charge in [0, 0.05) is 75.9 Å². The van der Waals surface area contributed by atoms with Crippen molar-refractivity contribution in [2.45, 2.75) is 89.5 Å². The van der Waals surface area contributed by atoms with Gasteiger partial charge in [0.05, 0.1) is 42.9 Å². The summed E-state index contributed by atoms with van der Waals surface area (Å²) in [5.41, 5.74) is 8.15. The van der Waals surface area contributed by atoms with Crippen LogP contribution in [0, 0.1) is 25.4 Å². The molecule has 3 aromatic carbocycles. The summed E-state index contributed by atoms with van der Waals surface area (Å²) in [4.78, 5) is 85.7. The van der Waals surface area contributed by atoms with Crippen LogP contribution in [0.2, 0.25) is 0 Å². The summed E-state index contributed by atoms with van der Waals surface area (Å²) < 4.78 is 23.1. The molecule has 0 bridgehead atoms. The predicted octanol–water partition coefficient (Wildman–Crippen LogP) is 6.19. The van der Waals surface area contributed by atoms with Crippen LogP contribution in [0.1, 0.15) is 74.7 Å². The monoisotopic (exact) mass is 1030 g/mol. The Morgan fingerprint density at radius 1 is 1.07 bits per heavy atom. The number of nitrogens with one attached hydrogen (secondary N) is 1. The zero-order valence-corrected chi connectivity index (χ0v) is 42.4. The van der Waals surface area contributed by atoms with Crippen LogP contribution in [-0.4, -0.2) is 115 Å². The number of para-hydroxylation sites is 1. The molecule has 19 heteroatoms. The Morgan fingerprint density at radius 2 is 1.83 bits per heavy atom. The zero-order chi connectivity index (χ0) is 49.8. The number of anilines is 1. The van der Waals surface area contributed by atoms with E-state index in [4.69, 9.17) is 26.9 Å². The number of rotatable bonds is 14. The zero-order valence-electron chi connectivity index (χ0n) is 39.5. The largest absolute Gasteiger partial charge is 0.457 e. The number of likely N-dealkylation sites (N-methyl/N-ethyl adjacent to an activating group) is 1. The number of hydrogen-bond acceptors (Lipinski definition) is 12. The van der Waals surface area contributed by atoms with E-state index >= 15 is 4.39 Å². The molecule has 1 unspecified atom stereocenters. The number of halogens is 1. The van der Waals surface area contributed by atoms with Gasteiger partial charge in [-0.1, -0.05) is 29.8 Å². The van der Waals surface area contributed by atoms with Gasteiger partial charge in [0.2, 0.25) is 5.70 Å². The molecule has 1 radical (unpaired) electrons. The number of hydrogen-bond donors (Lipinski definition) is 2. The molecule has 3 N–H and O–H groups in total. The maximum Gasteiger partial charge on any atom is 0.252 e. The first-order valence-corrected chi connectivity index (χ1v) is 22.5. The molecule has 2 atom stereocenters. The third-order valence-electron chi connectivity index (χ3n) is 12.4. The van der Waals surface area contributed by atoms with Crippen molar-refractivity contribution >= 4 is 52.9 Å². The number of carbonyl (C=O) groups is 6. The number of unbranched alkanes of at least 4 members (excludes halogenated alkanes) is 1. The molecule has 2 aliphatic heterocycles. The van der Waals surface area contributed by atoms with Gasteiger partial charge >= 0.3 is 0 Å². The van der Waals surface area contributed by atoms with E-state index in [1.165, 1.54) is 12.4 Å². The topological polar surface area (TPSA) is 207 Å². The molecule has 5 aromatic rings. The van der Waals surface area contributed by atoms with Gasteiger partial charge in [-0.3, -0.25) is 24.1 Å². The minimum Gasteiger partial charge on any atom is -0.457 e. The molecule has 2 fully saturated rings. The van der Waals surface area contributed by atoms with Gasteiger partial charge in [-0.05, 0) is 83.8 Å². The van der Waals surface area contributed by atoms with E-state index in [-0.39, 0.29) is 104 Å². The Kier molecular flexibility index (Phi) is 19.2. The quantitative estimate of drug-likeness (QED) is 0.0553. The standard InChI is InChI=1S/C36H41FN9O3.C14H12NO3.CH2O.Y/c1-24(47)40-17-9-10-18-44(5)36(2,3)21-30(39-4)35(48)45-19-11-12-25(45)22-46-34-31(33(38)41-23-42-34)32(43-46)28-16-15-27(20-29(28)37)49-26-13-7-6-8-14-26;16-10-5-6-12(13(17)7-10)15-8-9-3-1-2-4-11(9)14(15)18;1-2;/h6-8,13-16,20-21,23,25H,1,9-12,17-19,22H2,2-3,5H3,(H,40,47)(H2,38,41,42);1-2,4,12H,5-8H2;1H2;/q2*-1;;/b30-21-;;;/t25-;;;/m0.../s1. The van der Waals surface area contributed by atoms with Crippen molar-refractivity contribution in [2.75, 3.05) is 32.4 Å². The summed E-state index contributed by atoms with van der Waals surface area (Å²) >= 11 is 0.